The van der Waals surface area contributed by atoms with E-state index in [9.17, 15) is 17.1 Å². The van der Waals surface area contributed by atoms with E-state index < -0.39 is 21.2 Å². The number of rotatable bonds is 5. The third-order valence-electron chi connectivity index (χ3n) is 3.10. The molecular formula is C18H16FNO4S. The Bertz CT molecular complexity index is 886. The van der Waals surface area contributed by atoms with E-state index >= 15 is 0 Å². The Labute approximate surface area is 146 Å². The van der Waals surface area contributed by atoms with Gasteiger partial charge in [-0.3, -0.25) is 0 Å². The van der Waals surface area contributed by atoms with Crippen molar-refractivity contribution in [3.63, 3.8) is 0 Å². The fourth-order valence-corrected chi connectivity index (χ4v) is 2.56. The fourth-order valence-electron chi connectivity index (χ4n) is 1.94. The number of ether oxygens (including phenoxy) is 1. The number of hydrogen-bond acceptors (Lipinski definition) is 4. The summed E-state index contributed by atoms with van der Waals surface area (Å²) in [7, 11) is -4.82. The highest BCUT2D eigenvalue weighted by Gasteiger charge is 2.15. The summed E-state index contributed by atoms with van der Waals surface area (Å²) in [5.41, 5.74) is 0.957. The molecule has 0 fully saturated rings. The quantitative estimate of drug-likeness (QED) is 0.505. The fraction of sp³-hybridized carbons (Fsp3) is 0.167. The molecule has 0 atom stereocenters. The third-order valence-corrected chi connectivity index (χ3v) is 3.99. The largest absolute Gasteiger partial charge is 0.445 e. The van der Waals surface area contributed by atoms with Crippen LogP contribution in [0.25, 0.3) is 0 Å². The first-order valence-electron chi connectivity index (χ1n) is 7.44. The van der Waals surface area contributed by atoms with Crippen molar-refractivity contribution >= 4 is 16.3 Å². The summed E-state index contributed by atoms with van der Waals surface area (Å²) in [6.45, 7) is 0.394. The van der Waals surface area contributed by atoms with Gasteiger partial charge in [-0.25, -0.2) is 4.79 Å². The highest BCUT2D eigenvalue weighted by molar-refractivity contribution is 7.86. The second-order valence-corrected chi connectivity index (χ2v) is 6.29. The van der Waals surface area contributed by atoms with Gasteiger partial charge in [0.05, 0.1) is 0 Å². The van der Waals surface area contributed by atoms with E-state index in [0.29, 0.717) is 0 Å². The Kier molecular flexibility index (Phi) is 6.54. The molecule has 0 saturated carbocycles. The topological polar surface area (TPSA) is 72.5 Å². The van der Waals surface area contributed by atoms with Crippen LogP contribution in [0.15, 0.2) is 59.5 Å². The molecule has 0 aliphatic carbocycles. The number of amides is 1. The third kappa shape index (κ3) is 6.28. The van der Waals surface area contributed by atoms with Crippen LogP contribution in [0.5, 0.6) is 0 Å². The van der Waals surface area contributed by atoms with Gasteiger partial charge in [0.2, 0.25) is 0 Å². The first-order chi connectivity index (χ1) is 12.0. The van der Waals surface area contributed by atoms with Crippen LogP contribution in [0.2, 0.25) is 0 Å². The summed E-state index contributed by atoms with van der Waals surface area (Å²) >= 11 is 0. The van der Waals surface area contributed by atoms with Crippen LogP contribution in [-0.2, 0) is 21.6 Å². The predicted octanol–water partition coefficient (Wildman–Crippen LogP) is 3.01. The van der Waals surface area contributed by atoms with Crippen molar-refractivity contribution in [2.45, 2.75) is 17.9 Å². The molecule has 7 heteroatoms. The molecule has 2 rings (SSSR count). The van der Waals surface area contributed by atoms with Crippen LogP contribution in [0.3, 0.4) is 0 Å². The molecule has 0 aromatic heterocycles. The molecule has 0 heterocycles. The Balaban J connectivity index is 1.79. The molecule has 5 nitrogen and oxygen atoms in total. The van der Waals surface area contributed by atoms with Crippen LogP contribution in [0, 0.1) is 11.8 Å². The molecule has 130 valence electrons. The lowest BCUT2D eigenvalue weighted by atomic mass is 10.2. The van der Waals surface area contributed by atoms with Gasteiger partial charge in [0.15, 0.2) is 0 Å². The maximum absolute atomic E-state index is 13.1. The zero-order chi connectivity index (χ0) is 18.1. The normalized spacial score (nSPS) is 10.4. The minimum absolute atomic E-state index is 0.0802. The van der Waals surface area contributed by atoms with E-state index in [2.05, 4.69) is 17.2 Å². The van der Waals surface area contributed by atoms with Crippen molar-refractivity contribution in [1.82, 2.24) is 5.32 Å². The van der Waals surface area contributed by atoms with Crippen LogP contribution < -0.4 is 5.32 Å². The lowest BCUT2D eigenvalue weighted by molar-refractivity contribution is 0.140. The predicted molar refractivity (Wildman–Crippen MR) is 90.9 cm³/mol. The monoisotopic (exact) mass is 361 g/mol. The van der Waals surface area contributed by atoms with Crippen LogP contribution in [-0.4, -0.2) is 21.1 Å². The Hall–Kier alpha value is -2.85. The number of halogens is 1. The zero-order valence-corrected chi connectivity index (χ0v) is 14.1. The molecule has 1 amide bonds. The molecule has 0 bridgehead atoms. The van der Waals surface area contributed by atoms with Gasteiger partial charge in [-0.05, 0) is 17.7 Å². The minimum Gasteiger partial charge on any atom is -0.445 e. The molecule has 0 radical (unpaired) electrons. The first kappa shape index (κ1) is 18.5. The molecule has 0 aliphatic heterocycles. The Morgan fingerprint density at radius 1 is 1.08 bits per heavy atom. The number of hydrogen-bond donors (Lipinski definition) is 1. The summed E-state index contributed by atoms with van der Waals surface area (Å²) in [4.78, 5) is 11.1. The van der Waals surface area contributed by atoms with Gasteiger partial charge < -0.3 is 10.1 Å². The van der Waals surface area contributed by atoms with Crippen LogP contribution in [0.1, 0.15) is 17.5 Å². The van der Waals surface area contributed by atoms with Gasteiger partial charge in [-0.2, -0.15) is 8.42 Å². The van der Waals surface area contributed by atoms with Gasteiger partial charge in [-0.1, -0.05) is 54.3 Å². The van der Waals surface area contributed by atoms with E-state index in [-0.39, 0.29) is 25.1 Å². The van der Waals surface area contributed by atoms with Crippen molar-refractivity contribution < 1.29 is 21.8 Å². The van der Waals surface area contributed by atoms with E-state index in [1.165, 1.54) is 12.1 Å². The van der Waals surface area contributed by atoms with Gasteiger partial charge in [0.25, 0.3) is 0 Å². The lowest BCUT2D eigenvalue weighted by Crippen LogP contribution is -2.24. The van der Waals surface area contributed by atoms with Crippen molar-refractivity contribution in [2.24, 2.45) is 0 Å². The molecule has 0 unspecified atom stereocenters. The first-order valence-corrected chi connectivity index (χ1v) is 8.82. The van der Waals surface area contributed by atoms with Gasteiger partial charge in [0, 0.05) is 18.5 Å². The number of carbonyl (C=O) groups is 1. The second kappa shape index (κ2) is 8.85. The summed E-state index contributed by atoms with van der Waals surface area (Å²) in [5, 5.41) is 2.53. The van der Waals surface area contributed by atoms with E-state index in [0.717, 1.165) is 11.6 Å². The summed E-state index contributed by atoms with van der Waals surface area (Å²) in [6.07, 6.45) is -0.307. The SMILES string of the molecule is O=C(NCCC#Cc1ccccc1S(=O)(=O)F)OCc1ccccc1. The molecular weight excluding hydrogens is 345 g/mol. The van der Waals surface area contributed by atoms with Gasteiger partial charge in [0.1, 0.15) is 11.5 Å². The number of nitrogens with one attached hydrogen (secondary N) is 1. The van der Waals surface area contributed by atoms with Gasteiger partial charge in [-0.15, -0.1) is 3.89 Å². The number of carbonyl (C=O) groups excluding carboxylic acids is 1. The Morgan fingerprint density at radius 3 is 2.48 bits per heavy atom. The highest BCUT2D eigenvalue weighted by atomic mass is 32.3. The Morgan fingerprint density at radius 2 is 1.76 bits per heavy atom. The van der Waals surface area contributed by atoms with Crippen molar-refractivity contribution in [2.75, 3.05) is 6.54 Å². The number of alkyl carbamates (subject to hydrolysis) is 1. The van der Waals surface area contributed by atoms with Gasteiger partial charge >= 0.3 is 16.3 Å². The van der Waals surface area contributed by atoms with E-state index in [1.807, 2.05) is 30.3 Å². The van der Waals surface area contributed by atoms with E-state index in [4.69, 9.17) is 4.74 Å². The molecule has 0 spiro atoms. The average Bonchev–Trinajstić information content (AvgIpc) is 2.60. The standard InChI is InChI=1S/C18H16FNO4S/c19-25(22,23)17-12-5-4-10-16(17)11-6-7-13-20-18(21)24-14-15-8-2-1-3-9-15/h1-5,8-10,12H,7,13-14H2,(H,20,21). The van der Waals surface area contributed by atoms with Crippen LogP contribution >= 0.6 is 0 Å². The average molecular weight is 361 g/mol. The van der Waals surface area contributed by atoms with Crippen LogP contribution in [0.4, 0.5) is 8.68 Å². The summed E-state index contributed by atoms with van der Waals surface area (Å²) in [6, 6.07) is 14.8. The molecule has 2 aromatic carbocycles. The molecule has 0 saturated heterocycles. The summed E-state index contributed by atoms with van der Waals surface area (Å²) < 4.78 is 40.2. The second-order valence-electron chi connectivity index (χ2n) is 4.97. The van der Waals surface area contributed by atoms with Crippen molar-refractivity contribution in [1.29, 1.82) is 0 Å². The van der Waals surface area contributed by atoms with E-state index in [1.54, 1.807) is 6.07 Å². The zero-order valence-electron chi connectivity index (χ0n) is 13.2. The highest BCUT2D eigenvalue weighted by Crippen LogP contribution is 2.16. The van der Waals surface area contributed by atoms with Crippen molar-refractivity contribution in [3.8, 4) is 11.8 Å². The lowest BCUT2D eigenvalue weighted by Gasteiger charge is -2.05. The molecule has 1 N–H and O–H groups in total. The molecule has 0 aliphatic rings. The maximum atomic E-state index is 13.1. The molecule has 25 heavy (non-hydrogen) atoms. The minimum atomic E-state index is -4.82. The maximum Gasteiger partial charge on any atom is 0.407 e. The van der Waals surface area contributed by atoms with Crippen molar-refractivity contribution in [3.05, 3.63) is 65.7 Å². The number of benzene rings is 2. The molecule has 2 aromatic rings. The summed E-state index contributed by atoms with van der Waals surface area (Å²) in [5.74, 6) is 5.28. The smallest absolute Gasteiger partial charge is 0.407 e.